The van der Waals surface area contributed by atoms with Crippen molar-refractivity contribution in [1.29, 1.82) is 0 Å². The molecule has 0 saturated carbocycles. The Kier molecular flexibility index (Phi) is 5.26. The van der Waals surface area contributed by atoms with E-state index >= 15 is 0 Å². The lowest BCUT2D eigenvalue weighted by molar-refractivity contribution is 0.248. The van der Waals surface area contributed by atoms with E-state index in [1.165, 1.54) is 24.1 Å². The zero-order valence-corrected chi connectivity index (χ0v) is 10.9. The molecule has 2 nitrogen and oxygen atoms in total. The number of nitrogens with one attached hydrogen (secondary N) is 1. The quantitative estimate of drug-likeness (QED) is 0.872. The second-order valence-electron chi connectivity index (χ2n) is 4.49. The van der Waals surface area contributed by atoms with Crippen LogP contribution in [0.4, 0.5) is 0 Å². The van der Waals surface area contributed by atoms with Crippen LogP contribution < -0.4 is 5.32 Å². The molecule has 1 saturated heterocycles. The maximum atomic E-state index is 3.41. The molecular weight excluding hydrogens is 220 g/mol. The highest BCUT2D eigenvalue weighted by Gasteiger charge is 2.19. The number of hydrogen-bond acceptors (Lipinski definition) is 2. The van der Waals surface area contributed by atoms with Crippen molar-refractivity contribution in [2.75, 3.05) is 20.1 Å². The molecule has 3 heteroatoms. The maximum Gasteiger partial charge on any atom is 0.0236 e. The summed E-state index contributed by atoms with van der Waals surface area (Å²) in [6.45, 7) is 5.57. The Bertz CT molecular complexity index is 321. The molecule has 1 unspecified atom stereocenters. The fraction of sp³-hybridized carbons (Fsp3) is 0.538. The molecule has 0 aromatic heterocycles. The summed E-state index contributed by atoms with van der Waals surface area (Å²) in [5.74, 6) is 0. The fourth-order valence-corrected chi connectivity index (χ4v) is 2.20. The van der Waals surface area contributed by atoms with Crippen LogP contribution in [-0.2, 0) is 6.54 Å². The van der Waals surface area contributed by atoms with Gasteiger partial charge in [-0.3, -0.25) is 4.90 Å². The maximum absolute atomic E-state index is 3.41. The molecule has 1 heterocycles. The van der Waals surface area contributed by atoms with Gasteiger partial charge in [0.1, 0.15) is 0 Å². The molecule has 16 heavy (non-hydrogen) atoms. The first-order valence-electron chi connectivity index (χ1n) is 5.73. The van der Waals surface area contributed by atoms with E-state index in [1.807, 2.05) is 0 Å². The minimum Gasteiger partial charge on any atom is -0.315 e. The molecule has 1 aliphatic heterocycles. The van der Waals surface area contributed by atoms with Gasteiger partial charge >= 0.3 is 0 Å². The Morgan fingerprint density at radius 3 is 2.75 bits per heavy atom. The lowest BCUT2D eigenvalue weighted by atomic mass is 10.1. The van der Waals surface area contributed by atoms with Gasteiger partial charge in [-0.25, -0.2) is 0 Å². The predicted octanol–water partition coefficient (Wildman–Crippen LogP) is 2.21. The van der Waals surface area contributed by atoms with Crippen molar-refractivity contribution in [3.8, 4) is 0 Å². The van der Waals surface area contributed by atoms with Crippen LogP contribution in [0.5, 0.6) is 0 Å². The summed E-state index contributed by atoms with van der Waals surface area (Å²) in [6, 6.07) is 9.37. The molecule has 0 radical (unpaired) electrons. The van der Waals surface area contributed by atoms with E-state index in [-0.39, 0.29) is 12.4 Å². The molecule has 1 aromatic rings. The molecule has 1 fully saturated rings. The van der Waals surface area contributed by atoms with Gasteiger partial charge in [-0.15, -0.1) is 12.4 Å². The van der Waals surface area contributed by atoms with Gasteiger partial charge in [0, 0.05) is 19.1 Å². The second-order valence-corrected chi connectivity index (χ2v) is 4.49. The number of halogens is 1. The van der Waals surface area contributed by atoms with E-state index in [0.29, 0.717) is 6.04 Å². The Labute approximate surface area is 104 Å². The summed E-state index contributed by atoms with van der Waals surface area (Å²) in [4.78, 5) is 2.46. The van der Waals surface area contributed by atoms with Crippen molar-refractivity contribution >= 4 is 12.4 Å². The van der Waals surface area contributed by atoms with E-state index in [9.17, 15) is 0 Å². The number of aryl methyl sites for hydroxylation is 1. The van der Waals surface area contributed by atoms with Crippen LogP contribution in [0.2, 0.25) is 0 Å². The molecule has 1 aromatic carbocycles. The minimum atomic E-state index is 0. The van der Waals surface area contributed by atoms with Crippen LogP contribution in [0.1, 0.15) is 17.5 Å². The van der Waals surface area contributed by atoms with Gasteiger partial charge < -0.3 is 5.32 Å². The molecule has 0 aliphatic carbocycles. The SMILES string of the molecule is Cc1ccccc1CN(C)C1CCNC1.Cl. The molecule has 0 spiro atoms. The normalized spacial score (nSPS) is 19.8. The van der Waals surface area contributed by atoms with Gasteiger partial charge in [0.15, 0.2) is 0 Å². The van der Waals surface area contributed by atoms with Crippen LogP contribution in [-0.4, -0.2) is 31.1 Å². The zero-order valence-electron chi connectivity index (χ0n) is 10.1. The number of nitrogens with zero attached hydrogens (tertiary/aromatic N) is 1. The number of benzene rings is 1. The van der Waals surface area contributed by atoms with Gasteiger partial charge in [0.05, 0.1) is 0 Å². The Balaban J connectivity index is 0.00000128. The highest BCUT2D eigenvalue weighted by atomic mass is 35.5. The third-order valence-corrected chi connectivity index (χ3v) is 3.34. The van der Waals surface area contributed by atoms with Crippen LogP contribution in [0.15, 0.2) is 24.3 Å². The van der Waals surface area contributed by atoms with E-state index in [2.05, 4.69) is 48.5 Å². The number of hydrogen-bond donors (Lipinski definition) is 1. The average Bonchev–Trinajstić information content (AvgIpc) is 2.74. The summed E-state index contributed by atoms with van der Waals surface area (Å²) in [6.07, 6.45) is 1.28. The monoisotopic (exact) mass is 240 g/mol. The summed E-state index contributed by atoms with van der Waals surface area (Å²) in [7, 11) is 2.23. The Morgan fingerprint density at radius 2 is 2.12 bits per heavy atom. The standard InChI is InChI=1S/C13H20N2.ClH/c1-11-5-3-4-6-12(11)10-15(2)13-7-8-14-9-13;/h3-6,13-14H,7-10H2,1-2H3;1H. The van der Waals surface area contributed by atoms with Crippen LogP contribution >= 0.6 is 12.4 Å². The molecular formula is C13H21ClN2. The molecule has 1 N–H and O–H groups in total. The molecule has 2 rings (SSSR count). The van der Waals surface area contributed by atoms with Gasteiger partial charge in [-0.2, -0.15) is 0 Å². The fourth-order valence-electron chi connectivity index (χ4n) is 2.20. The van der Waals surface area contributed by atoms with Crippen LogP contribution in [0, 0.1) is 6.92 Å². The lowest BCUT2D eigenvalue weighted by Gasteiger charge is -2.24. The number of likely N-dealkylation sites (N-methyl/N-ethyl adjacent to an activating group) is 1. The highest BCUT2D eigenvalue weighted by molar-refractivity contribution is 5.85. The Hall–Kier alpha value is -0.570. The van der Waals surface area contributed by atoms with E-state index in [0.717, 1.165) is 13.1 Å². The van der Waals surface area contributed by atoms with E-state index < -0.39 is 0 Å². The van der Waals surface area contributed by atoms with Gasteiger partial charge in [0.25, 0.3) is 0 Å². The summed E-state index contributed by atoms with van der Waals surface area (Å²) in [5.41, 5.74) is 2.85. The first-order chi connectivity index (χ1) is 7.27. The van der Waals surface area contributed by atoms with Gasteiger partial charge in [-0.05, 0) is 38.1 Å². The van der Waals surface area contributed by atoms with Gasteiger partial charge in [-0.1, -0.05) is 24.3 Å². The molecule has 90 valence electrons. The Morgan fingerprint density at radius 1 is 1.38 bits per heavy atom. The number of rotatable bonds is 3. The third-order valence-electron chi connectivity index (χ3n) is 3.34. The van der Waals surface area contributed by atoms with E-state index in [4.69, 9.17) is 0 Å². The average molecular weight is 241 g/mol. The van der Waals surface area contributed by atoms with Crippen molar-refractivity contribution in [3.63, 3.8) is 0 Å². The topological polar surface area (TPSA) is 15.3 Å². The first kappa shape index (κ1) is 13.5. The van der Waals surface area contributed by atoms with Crippen LogP contribution in [0.3, 0.4) is 0 Å². The van der Waals surface area contributed by atoms with E-state index in [1.54, 1.807) is 0 Å². The summed E-state index contributed by atoms with van der Waals surface area (Å²) in [5, 5.41) is 3.41. The molecule has 0 amide bonds. The van der Waals surface area contributed by atoms with Crippen LogP contribution in [0.25, 0.3) is 0 Å². The lowest BCUT2D eigenvalue weighted by Crippen LogP contribution is -2.33. The highest BCUT2D eigenvalue weighted by Crippen LogP contribution is 2.13. The third kappa shape index (κ3) is 3.21. The van der Waals surface area contributed by atoms with Crippen molar-refractivity contribution in [2.45, 2.75) is 25.9 Å². The van der Waals surface area contributed by atoms with Crippen molar-refractivity contribution in [1.82, 2.24) is 10.2 Å². The van der Waals surface area contributed by atoms with Crippen molar-refractivity contribution in [3.05, 3.63) is 35.4 Å². The second kappa shape index (κ2) is 6.24. The molecule has 1 aliphatic rings. The molecule has 1 atom stereocenters. The largest absolute Gasteiger partial charge is 0.315 e. The van der Waals surface area contributed by atoms with Crippen molar-refractivity contribution in [2.24, 2.45) is 0 Å². The smallest absolute Gasteiger partial charge is 0.0236 e. The predicted molar refractivity (Wildman–Crippen MR) is 71.2 cm³/mol. The first-order valence-corrected chi connectivity index (χ1v) is 5.73. The minimum absolute atomic E-state index is 0. The molecule has 0 bridgehead atoms. The zero-order chi connectivity index (χ0) is 10.7. The summed E-state index contributed by atoms with van der Waals surface area (Å²) < 4.78 is 0. The van der Waals surface area contributed by atoms with Gasteiger partial charge in [0.2, 0.25) is 0 Å². The van der Waals surface area contributed by atoms with Crippen molar-refractivity contribution < 1.29 is 0 Å². The summed E-state index contributed by atoms with van der Waals surface area (Å²) >= 11 is 0.